The van der Waals surface area contributed by atoms with Crippen molar-refractivity contribution in [1.29, 1.82) is 0 Å². The molecular weight excluding hydrogens is 322 g/mol. The van der Waals surface area contributed by atoms with Crippen LogP contribution in [0.2, 0.25) is 0 Å². The molecule has 3 aliphatic rings. The standard InChI is InChI=1S/C18H23N3O4/c22-17(19-5-8-24-9-6-19)16-13-20(7-10-25-16)18(23)21-11-14-3-1-2-4-15(14)12-21/h1-4,16H,5-13H2. The Morgan fingerprint density at radius 2 is 1.52 bits per heavy atom. The first kappa shape index (κ1) is 16.4. The van der Waals surface area contributed by atoms with Crippen molar-refractivity contribution in [1.82, 2.24) is 14.7 Å². The minimum absolute atomic E-state index is 0.0146. The van der Waals surface area contributed by atoms with Crippen LogP contribution in [-0.2, 0) is 27.4 Å². The number of hydrogen-bond acceptors (Lipinski definition) is 4. The maximum atomic E-state index is 12.9. The van der Waals surface area contributed by atoms with Crippen molar-refractivity contribution in [2.45, 2.75) is 19.2 Å². The topological polar surface area (TPSA) is 62.3 Å². The van der Waals surface area contributed by atoms with Crippen LogP contribution >= 0.6 is 0 Å². The zero-order valence-electron chi connectivity index (χ0n) is 14.2. The highest BCUT2D eigenvalue weighted by Crippen LogP contribution is 2.24. The third kappa shape index (κ3) is 3.34. The summed E-state index contributed by atoms with van der Waals surface area (Å²) in [6, 6.07) is 8.11. The lowest BCUT2D eigenvalue weighted by atomic mass is 10.1. The summed E-state index contributed by atoms with van der Waals surface area (Å²) in [5.41, 5.74) is 2.40. The number of hydrogen-bond donors (Lipinski definition) is 0. The summed E-state index contributed by atoms with van der Waals surface area (Å²) < 4.78 is 10.9. The predicted molar refractivity (Wildman–Crippen MR) is 89.8 cm³/mol. The molecule has 0 spiro atoms. The molecule has 3 aliphatic heterocycles. The van der Waals surface area contributed by atoms with Gasteiger partial charge in [0.2, 0.25) is 0 Å². The van der Waals surface area contributed by atoms with Gasteiger partial charge in [0.25, 0.3) is 5.91 Å². The van der Waals surface area contributed by atoms with Gasteiger partial charge in [-0.2, -0.15) is 0 Å². The molecule has 1 aromatic rings. The first-order chi connectivity index (χ1) is 12.2. The minimum Gasteiger partial charge on any atom is -0.378 e. The van der Waals surface area contributed by atoms with Gasteiger partial charge in [-0.1, -0.05) is 24.3 Å². The molecule has 0 saturated carbocycles. The number of amides is 3. The predicted octanol–water partition coefficient (Wildman–Crippen LogP) is 0.682. The van der Waals surface area contributed by atoms with Crippen molar-refractivity contribution in [3.63, 3.8) is 0 Å². The van der Waals surface area contributed by atoms with Gasteiger partial charge in [-0.25, -0.2) is 4.79 Å². The van der Waals surface area contributed by atoms with E-state index in [0.717, 1.165) is 0 Å². The first-order valence-electron chi connectivity index (χ1n) is 8.81. The molecule has 1 atom stereocenters. The van der Waals surface area contributed by atoms with Crippen LogP contribution in [0.15, 0.2) is 24.3 Å². The minimum atomic E-state index is -0.569. The number of fused-ring (bicyclic) bond motifs is 1. The molecule has 3 amide bonds. The number of urea groups is 1. The van der Waals surface area contributed by atoms with Gasteiger partial charge in [0.05, 0.1) is 26.4 Å². The van der Waals surface area contributed by atoms with Crippen molar-refractivity contribution in [3.8, 4) is 0 Å². The van der Waals surface area contributed by atoms with Gasteiger partial charge in [0.15, 0.2) is 6.10 Å². The SMILES string of the molecule is O=C(C1CN(C(=O)N2Cc3ccccc3C2)CCO1)N1CCOCC1. The normalized spacial score (nSPS) is 23.5. The van der Waals surface area contributed by atoms with Crippen molar-refractivity contribution in [2.24, 2.45) is 0 Å². The van der Waals surface area contributed by atoms with Gasteiger partial charge in [0.1, 0.15) is 0 Å². The van der Waals surface area contributed by atoms with Gasteiger partial charge in [-0.05, 0) is 11.1 Å². The molecule has 0 radical (unpaired) electrons. The van der Waals surface area contributed by atoms with E-state index in [0.29, 0.717) is 59.1 Å². The molecular formula is C18H23N3O4. The monoisotopic (exact) mass is 345 g/mol. The third-order valence-electron chi connectivity index (χ3n) is 5.05. The van der Waals surface area contributed by atoms with Crippen molar-refractivity contribution in [3.05, 3.63) is 35.4 Å². The second-order valence-corrected chi connectivity index (χ2v) is 6.65. The number of ether oxygens (including phenoxy) is 2. The van der Waals surface area contributed by atoms with E-state index in [9.17, 15) is 9.59 Å². The molecule has 7 heteroatoms. The van der Waals surface area contributed by atoms with Gasteiger partial charge in [-0.3, -0.25) is 4.79 Å². The molecule has 2 fully saturated rings. The van der Waals surface area contributed by atoms with Crippen LogP contribution in [0.4, 0.5) is 4.79 Å². The Bertz CT molecular complexity index is 634. The Morgan fingerprint density at radius 1 is 0.880 bits per heavy atom. The summed E-state index contributed by atoms with van der Waals surface area (Å²) in [4.78, 5) is 30.8. The Balaban J connectivity index is 1.38. The van der Waals surface area contributed by atoms with Gasteiger partial charge in [-0.15, -0.1) is 0 Å². The molecule has 25 heavy (non-hydrogen) atoms. The molecule has 1 aromatic carbocycles. The average Bonchev–Trinajstić information content (AvgIpc) is 3.12. The Labute approximate surface area is 147 Å². The fourth-order valence-corrected chi connectivity index (χ4v) is 3.63. The van der Waals surface area contributed by atoms with Gasteiger partial charge >= 0.3 is 6.03 Å². The molecule has 3 heterocycles. The lowest BCUT2D eigenvalue weighted by Gasteiger charge is -2.37. The zero-order valence-corrected chi connectivity index (χ0v) is 14.2. The highest BCUT2D eigenvalue weighted by molar-refractivity contribution is 5.83. The van der Waals surface area contributed by atoms with Crippen LogP contribution in [0.1, 0.15) is 11.1 Å². The zero-order chi connectivity index (χ0) is 17.2. The second-order valence-electron chi connectivity index (χ2n) is 6.65. The van der Waals surface area contributed by atoms with E-state index in [2.05, 4.69) is 12.1 Å². The van der Waals surface area contributed by atoms with Gasteiger partial charge in [0, 0.05) is 32.7 Å². The highest BCUT2D eigenvalue weighted by Gasteiger charge is 2.35. The van der Waals surface area contributed by atoms with Crippen LogP contribution in [0.5, 0.6) is 0 Å². The second kappa shape index (κ2) is 7.01. The van der Waals surface area contributed by atoms with E-state index in [4.69, 9.17) is 9.47 Å². The summed E-state index contributed by atoms with van der Waals surface area (Å²) in [7, 11) is 0. The number of morpholine rings is 2. The molecule has 4 rings (SSSR count). The van der Waals surface area contributed by atoms with E-state index < -0.39 is 6.10 Å². The third-order valence-corrected chi connectivity index (χ3v) is 5.05. The summed E-state index contributed by atoms with van der Waals surface area (Å²) in [6.07, 6.45) is -0.569. The molecule has 2 saturated heterocycles. The number of carbonyl (C=O) groups is 2. The lowest BCUT2D eigenvalue weighted by molar-refractivity contribution is -0.152. The van der Waals surface area contributed by atoms with Crippen LogP contribution in [0.3, 0.4) is 0 Å². The van der Waals surface area contributed by atoms with Crippen molar-refractivity contribution < 1.29 is 19.1 Å². The fraction of sp³-hybridized carbons (Fsp3) is 0.556. The molecule has 0 aliphatic carbocycles. The number of carbonyl (C=O) groups excluding carboxylic acids is 2. The first-order valence-corrected chi connectivity index (χ1v) is 8.81. The summed E-state index contributed by atoms with van der Waals surface area (Å²) in [5, 5.41) is 0. The maximum Gasteiger partial charge on any atom is 0.320 e. The number of nitrogens with zero attached hydrogens (tertiary/aromatic N) is 3. The van der Waals surface area contributed by atoms with Crippen LogP contribution in [0, 0.1) is 0 Å². The summed E-state index contributed by atoms with van der Waals surface area (Å²) in [5.74, 6) is -0.0366. The lowest BCUT2D eigenvalue weighted by Crippen LogP contribution is -2.56. The van der Waals surface area contributed by atoms with E-state index in [1.807, 2.05) is 17.0 Å². The molecule has 0 bridgehead atoms. The van der Waals surface area contributed by atoms with Crippen molar-refractivity contribution >= 4 is 11.9 Å². The summed E-state index contributed by atoms with van der Waals surface area (Å²) >= 11 is 0. The quantitative estimate of drug-likeness (QED) is 0.751. The van der Waals surface area contributed by atoms with E-state index >= 15 is 0 Å². The summed E-state index contributed by atoms with van der Waals surface area (Å²) in [6.45, 7) is 4.82. The van der Waals surface area contributed by atoms with Crippen LogP contribution < -0.4 is 0 Å². The molecule has 0 aromatic heterocycles. The van der Waals surface area contributed by atoms with E-state index in [-0.39, 0.29) is 11.9 Å². The van der Waals surface area contributed by atoms with Crippen LogP contribution in [-0.4, -0.2) is 78.7 Å². The maximum absolute atomic E-state index is 12.9. The number of rotatable bonds is 1. The smallest absolute Gasteiger partial charge is 0.320 e. The Morgan fingerprint density at radius 3 is 2.20 bits per heavy atom. The molecule has 7 nitrogen and oxygen atoms in total. The van der Waals surface area contributed by atoms with E-state index in [1.54, 1.807) is 9.80 Å². The largest absolute Gasteiger partial charge is 0.378 e. The van der Waals surface area contributed by atoms with Crippen molar-refractivity contribution in [2.75, 3.05) is 46.0 Å². The highest BCUT2D eigenvalue weighted by atomic mass is 16.5. The fourth-order valence-electron chi connectivity index (χ4n) is 3.63. The van der Waals surface area contributed by atoms with E-state index in [1.165, 1.54) is 11.1 Å². The number of benzene rings is 1. The molecule has 134 valence electrons. The van der Waals surface area contributed by atoms with Crippen LogP contribution in [0.25, 0.3) is 0 Å². The molecule has 1 unspecified atom stereocenters. The Hall–Kier alpha value is -2.12. The molecule has 0 N–H and O–H groups in total. The van der Waals surface area contributed by atoms with Gasteiger partial charge < -0.3 is 24.2 Å². The average molecular weight is 345 g/mol. The Kier molecular flexibility index (Phi) is 4.59.